The van der Waals surface area contributed by atoms with Crippen molar-refractivity contribution in [3.05, 3.63) is 59.9 Å². The van der Waals surface area contributed by atoms with Crippen molar-refractivity contribution in [1.29, 1.82) is 0 Å². The maximum absolute atomic E-state index is 12.9. The minimum Gasteiger partial charge on any atom is -0.459 e. The Kier molecular flexibility index (Phi) is 5.84. The van der Waals surface area contributed by atoms with Crippen molar-refractivity contribution < 1.29 is 9.21 Å². The standard InChI is InChI=1S/C22H25N3O2.ClH/c1-15(21-13-16-7-3-4-11-20(16)27-21)24(2)22(26)14-25-12-6-8-17-18(23)9-5-10-19(17)25;/h3-5,7,9-11,13,15H,6,8,12,14,23H2,1-2H3;1H. The molecule has 4 rings (SSSR count). The summed E-state index contributed by atoms with van der Waals surface area (Å²) in [5.41, 5.74) is 10.0. The van der Waals surface area contributed by atoms with Crippen LogP contribution in [0.3, 0.4) is 0 Å². The minimum absolute atomic E-state index is 0. The van der Waals surface area contributed by atoms with E-state index in [4.69, 9.17) is 10.2 Å². The largest absolute Gasteiger partial charge is 0.459 e. The molecule has 1 aliphatic rings. The first-order valence-corrected chi connectivity index (χ1v) is 9.41. The summed E-state index contributed by atoms with van der Waals surface area (Å²) in [5.74, 6) is 0.869. The number of fused-ring (bicyclic) bond motifs is 2. The SMILES string of the molecule is CC(c1cc2ccccc2o1)N(C)C(=O)CN1CCCc2c(N)cccc21.Cl. The Bertz CT molecular complexity index is 952. The van der Waals surface area contributed by atoms with Gasteiger partial charge in [0, 0.05) is 30.4 Å². The number of carbonyl (C=O) groups is 1. The molecule has 28 heavy (non-hydrogen) atoms. The molecular formula is C22H26ClN3O2. The van der Waals surface area contributed by atoms with Gasteiger partial charge in [-0.2, -0.15) is 0 Å². The van der Waals surface area contributed by atoms with E-state index in [1.54, 1.807) is 4.90 Å². The van der Waals surface area contributed by atoms with E-state index in [9.17, 15) is 4.79 Å². The molecule has 1 aliphatic heterocycles. The normalized spacial score (nSPS) is 14.3. The van der Waals surface area contributed by atoms with Crippen LogP contribution in [0.5, 0.6) is 0 Å². The molecule has 0 spiro atoms. The van der Waals surface area contributed by atoms with Gasteiger partial charge in [-0.05, 0) is 49.6 Å². The Balaban J connectivity index is 0.00000225. The number of amides is 1. The van der Waals surface area contributed by atoms with Crippen molar-refractivity contribution >= 4 is 40.7 Å². The quantitative estimate of drug-likeness (QED) is 0.660. The molecule has 1 aromatic heterocycles. The Morgan fingerprint density at radius 2 is 2.04 bits per heavy atom. The van der Waals surface area contributed by atoms with Gasteiger partial charge in [-0.3, -0.25) is 4.79 Å². The molecule has 1 atom stereocenters. The highest BCUT2D eigenvalue weighted by Crippen LogP contribution is 2.32. The van der Waals surface area contributed by atoms with Crippen LogP contribution in [0.4, 0.5) is 11.4 Å². The first-order chi connectivity index (χ1) is 13.0. The Hall–Kier alpha value is -2.66. The molecule has 0 fully saturated rings. The van der Waals surface area contributed by atoms with E-state index >= 15 is 0 Å². The third kappa shape index (κ3) is 3.67. The van der Waals surface area contributed by atoms with Crippen LogP contribution >= 0.6 is 12.4 Å². The molecule has 1 amide bonds. The van der Waals surface area contributed by atoms with E-state index in [-0.39, 0.29) is 24.4 Å². The lowest BCUT2D eigenvalue weighted by Gasteiger charge is -2.33. The van der Waals surface area contributed by atoms with Gasteiger partial charge in [0.25, 0.3) is 0 Å². The van der Waals surface area contributed by atoms with Crippen molar-refractivity contribution in [2.75, 3.05) is 30.8 Å². The van der Waals surface area contributed by atoms with E-state index in [1.165, 1.54) is 0 Å². The molecular weight excluding hydrogens is 374 g/mol. The number of furan rings is 1. The number of hydrogen-bond donors (Lipinski definition) is 1. The molecule has 1 unspecified atom stereocenters. The summed E-state index contributed by atoms with van der Waals surface area (Å²) in [4.78, 5) is 16.8. The monoisotopic (exact) mass is 399 g/mol. The van der Waals surface area contributed by atoms with Crippen molar-refractivity contribution in [2.24, 2.45) is 0 Å². The smallest absolute Gasteiger partial charge is 0.242 e. The zero-order valence-electron chi connectivity index (χ0n) is 16.2. The molecule has 5 nitrogen and oxygen atoms in total. The van der Waals surface area contributed by atoms with E-state index < -0.39 is 0 Å². The molecule has 2 heterocycles. The van der Waals surface area contributed by atoms with Crippen LogP contribution in [-0.4, -0.2) is 30.9 Å². The Labute approximate surface area is 171 Å². The fraction of sp³-hybridized carbons (Fsp3) is 0.318. The predicted octanol–water partition coefficient (Wildman–Crippen LogP) is 4.41. The second-order valence-electron chi connectivity index (χ2n) is 7.24. The maximum Gasteiger partial charge on any atom is 0.242 e. The predicted molar refractivity (Wildman–Crippen MR) is 116 cm³/mol. The van der Waals surface area contributed by atoms with E-state index in [0.717, 1.165) is 53.1 Å². The Morgan fingerprint density at radius 3 is 2.82 bits per heavy atom. The molecule has 0 saturated heterocycles. The number of hydrogen-bond acceptors (Lipinski definition) is 4. The number of nitrogens with two attached hydrogens (primary N) is 1. The fourth-order valence-electron chi connectivity index (χ4n) is 3.78. The molecule has 6 heteroatoms. The van der Waals surface area contributed by atoms with Crippen LogP contribution in [-0.2, 0) is 11.2 Å². The third-order valence-corrected chi connectivity index (χ3v) is 5.54. The average Bonchev–Trinajstić information content (AvgIpc) is 3.12. The summed E-state index contributed by atoms with van der Waals surface area (Å²) in [6.45, 7) is 3.21. The summed E-state index contributed by atoms with van der Waals surface area (Å²) >= 11 is 0. The zero-order valence-corrected chi connectivity index (χ0v) is 17.0. The van der Waals surface area contributed by atoms with Gasteiger partial charge in [-0.25, -0.2) is 0 Å². The van der Waals surface area contributed by atoms with Crippen LogP contribution in [0.15, 0.2) is 52.9 Å². The topological polar surface area (TPSA) is 62.7 Å². The molecule has 0 aliphatic carbocycles. The van der Waals surface area contributed by atoms with Gasteiger partial charge in [0.15, 0.2) is 0 Å². The number of carbonyl (C=O) groups excluding carboxylic acids is 1. The van der Waals surface area contributed by atoms with Gasteiger partial charge >= 0.3 is 0 Å². The number of likely N-dealkylation sites (N-methyl/N-ethyl adjacent to an activating group) is 1. The molecule has 3 aromatic rings. The van der Waals surface area contributed by atoms with Gasteiger partial charge in [-0.1, -0.05) is 24.3 Å². The zero-order chi connectivity index (χ0) is 19.0. The van der Waals surface area contributed by atoms with E-state index in [2.05, 4.69) is 11.0 Å². The van der Waals surface area contributed by atoms with Crippen LogP contribution in [0.25, 0.3) is 11.0 Å². The molecule has 0 radical (unpaired) electrons. The molecule has 0 saturated carbocycles. The third-order valence-electron chi connectivity index (χ3n) is 5.54. The lowest BCUT2D eigenvalue weighted by atomic mass is 10.00. The lowest BCUT2D eigenvalue weighted by Crippen LogP contribution is -2.41. The van der Waals surface area contributed by atoms with Gasteiger partial charge in [0.2, 0.25) is 5.91 Å². The van der Waals surface area contributed by atoms with Crippen LogP contribution in [0.2, 0.25) is 0 Å². The second kappa shape index (κ2) is 8.15. The number of nitrogens with zero attached hydrogens (tertiary/aromatic N) is 2. The lowest BCUT2D eigenvalue weighted by molar-refractivity contribution is -0.130. The number of nitrogen functional groups attached to an aromatic ring is 1. The van der Waals surface area contributed by atoms with Crippen LogP contribution < -0.4 is 10.6 Å². The summed E-state index contributed by atoms with van der Waals surface area (Å²) in [5, 5.41) is 1.06. The van der Waals surface area contributed by atoms with E-state index in [1.807, 2.05) is 56.4 Å². The number of anilines is 2. The van der Waals surface area contributed by atoms with Crippen LogP contribution in [0.1, 0.15) is 30.7 Å². The first kappa shape index (κ1) is 20.1. The summed E-state index contributed by atoms with van der Waals surface area (Å²) < 4.78 is 5.94. The van der Waals surface area contributed by atoms with E-state index in [0.29, 0.717) is 6.54 Å². The maximum atomic E-state index is 12.9. The van der Waals surface area contributed by atoms with Crippen molar-refractivity contribution in [3.8, 4) is 0 Å². The summed E-state index contributed by atoms with van der Waals surface area (Å²) in [7, 11) is 1.84. The summed E-state index contributed by atoms with van der Waals surface area (Å²) in [6.07, 6.45) is 1.98. The number of rotatable bonds is 4. The highest BCUT2D eigenvalue weighted by atomic mass is 35.5. The highest BCUT2D eigenvalue weighted by Gasteiger charge is 2.25. The number of halogens is 1. The van der Waals surface area contributed by atoms with Crippen molar-refractivity contribution in [3.63, 3.8) is 0 Å². The first-order valence-electron chi connectivity index (χ1n) is 9.41. The van der Waals surface area contributed by atoms with Crippen molar-refractivity contribution in [1.82, 2.24) is 4.90 Å². The summed E-state index contributed by atoms with van der Waals surface area (Å²) in [6, 6.07) is 15.7. The van der Waals surface area contributed by atoms with Gasteiger partial charge in [-0.15, -0.1) is 12.4 Å². The molecule has 2 aromatic carbocycles. The molecule has 148 valence electrons. The number of benzene rings is 2. The van der Waals surface area contributed by atoms with Crippen LogP contribution in [0, 0.1) is 0 Å². The van der Waals surface area contributed by atoms with Crippen molar-refractivity contribution in [2.45, 2.75) is 25.8 Å². The average molecular weight is 400 g/mol. The molecule has 0 bridgehead atoms. The van der Waals surface area contributed by atoms with Gasteiger partial charge in [0.1, 0.15) is 11.3 Å². The molecule has 2 N–H and O–H groups in total. The highest BCUT2D eigenvalue weighted by molar-refractivity contribution is 5.85. The second-order valence-corrected chi connectivity index (χ2v) is 7.24. The van der Waals surface area contributed by atoms with Gasteiger partial charge < -0.3 is 20.0 Å². The van der Waals surface area contributed by atoms with Gasteiger partial charge in [0.05, 0.1) is 12.6 Å². The Morgan fingerprint density at radius 1 is 1.25 bits per heavy atom. The minimum atomic E-state index is -0.130. The fourth-order valence-corrected chi connectivity index (χ4v) is 3.78. The number of para-hydroxylation sites is 1.